The summed E-state index contributed by atoms with van der Waals surface area (Å²) in [7, 11) is 1.34. The number of amides is 1. The van der Waals surface area contributed by atoms with E-state index in [4.69, 9.17) is 4.74 Å². The first-order valence-electron chi connectivity index (χ1n) is 6.44. The van der Waals surface area contributed by atoms with Crippen LogP contribution in [0.4, 0.5) is 16.2 Å². The number of carbonyl (C=O) groups excluding carboxylic acids is 1. The van der Waals surface area contributed by atoms with Gasteiger partial charge >= 0.3 is 6.09 Å². The van der Waals surface area contributed by atoms with E-state index in [1.54, 1.807) is 12.1 Å². The van der Waals surface area contributed by atoms with E-state index in [0.29, 0.717) is 11.4 Å². The quantitative estimate of drug-likeness (QED) is 0.751. The number of para-hydroxylation sites is 1. The van der Waals surface area contributed by atoms with Gasteiger partial charge in [0.2, 0.25) is 0 Å². The molecule has 0 saturated heterocycles. The molecule has 2 aromatic carbocycles. The zero-order valence-electron chi connectivity index (χ0n) is 11.4. The SMILES string of the molecule is COC(=O)N(c1ccccc1)c1cccc2[nH]c(O)cc12. The minimum absolute atomic E-state index is 0.0512. The summed E-state index contributed by atoms with van der Waals surface area (Å²) in [6.07, 6.45) is -0.491. The van der Waals surface area contributed by atoms with Crippen molar-refractivity contribution < 1.29 is 14.6 Å². The van der Waals surface area contributed by atoms with Gasteiger partial charge in [-0.05, 0) is 24.3 Å². The van der Waals surface area contributed by atoms with Crippen LogP contribution in [-0.4, -0.2) is 23.3 Å². The van der Waals surface area contributed by atoms with Gasteiger partial charge < -0.3 is 14.8 Å². The van der Waals surface area contributed by atoms with Crippen LogP contribution in [-0.2, 0) is 4.74 Å². The number of H-pyrrole nitrogens is 1. The van der Waals surface area contributed by atoms with Crippen LogP contribution < -0.4 is 4.90 Å². The van der Waals surface area contributed by atoms with E-state index in [9.17, 15) is 9.90 Å². The first-order valence-corrected chi connectivity index (χ1v) is 6.44. The highest BCUT2D eigenvalue weighted by molar-refractivity contribution is 6.05. The highest BCUT2D eigenvalue weighted by atomic mass is 16.5. The Morgan fingerprint density at radius 3 is 2.62 bits per heavy atom. The molecule has 0 spiro atoms. The average Bonchev–Trinajstić information content (AvgIpc) is 2.89. The number of benzene rings is 2. The van der Waals surface area contributed by atoms with E-state index in [1.165, 1.54) is 12.0 Å². The monoisotopic (exact) mass is 282 g/mol. The number of aromatic amines is 1. The molecule has 0 aliphatic heterocycles. The van der Waals surface area contributed by atoms with Crippen LogP contribution in [0, 0.1) is 0 Å². The number of carbonyl (C=O) groups is 1. The molecule has 0 unspecified atom stereocenters. The molecule has 0 aliphatic carbocycles. The van der Waals surface area contributed by atoms with Crippen LogP contribution in [0.5, 0.6) is 5.88 Å². The third-order valence-electron chi connectivity index (χ3n) is 3.24. The van der Waals surface area contributed by atoms with Crippen LogP contribution >= 0.6 is 0 Å². The van der Waals surface area contributed by atoms with E-state index in [1.807, 2.05) is 42.5 Å². The zero-order chi connectivity index (χ0) is 14.8. The van der Waals surface area contributed by atoms with Gasteiger partial charge in [0.25, 0.3) is 0 Å². The Bertz CT molecular complexity index is 781. The number of rotatable bonds is 2. The highest BCUT2D eigenvalue weighted by Crippen LogP contribution is 2.34. The van der Waals surface area contributed by atoms with E-state index in [-0.39, 0.29) is 5.88 Å². The molecule has 0 bridgehead atoms. The van der Waals surface area contributed by atoms with Crippen molar-refractivity contribution >= 4 is 28.4 Å². The summed E-state index contributed by atoms with van der Waals surface area (Å²) in [6, 6.07) is 16.3. The molecule has 0 saturated carbocycles. The van der Waals surface area contributed by atoms with Gasteiger partial charge in [-0.3, -0.25) is 0 Å². The number of nitrogens with one attached hydrogen (secondary N) is 1. The fourth-order valence-electron chi connectivity index (χ4n) is 2.33. The third kappa shape index (κ3) is 2.29. The molecule has 2 N–H and O–H groups in total. The molecule has 0 aliphatic rings. The summed E-state index contributed by atoms with van der Waals surface area (Å²) in [5.74, 6) is 0.0512. The smallest absolute Gasteiger partial charge is 0.418 e. The number of aromatic nitrogens is 1. The van der Waals surface area contributed by atoms with Gasteiger partial charge in [-0.15, -0.1) is 0 Å². The number of ether oxygens (including phenoxy) is 1. The molecule has 1 aromatic heterocycles. The van der Waals surface area contributed by atoms with Crippen molar-refractivity contribution in [2.45, 2.75) is 0 Å². The first kappa shape index (κ1) is 13.1. The molecular weight excluding hydrogens is 268 g/mol. The number of anilines is 2. The van der Waals surface area contributed by atoms with Crippen molar-refractivity contribution in [1.82, 2.24) is 4.98 Å². The number of fused-ring (bicyclic) bond motifs is 1. The summed E-state index contributed by atoms with van der Waals surface area (Å²) in [5.41, 5.74) is 2.08. The fraction of sp³-hybridized carbons (Fsp3) is 0.0625. The third-order valence-corrected chi connectivity index (χ3v) is 3.24. The Morgan fingerprint density at radius 2 is 1.90 bits per heavy atom. The summed E-state index contributed by atoms with van der Waals surface area (Å²) in [5, 5.41) is 10.4. The maximum atomic E-state index is 12.2. The van der Waals surface area contributed by atoms with Gasteiger partial charge in [0.15, 0.2) is 5.88 Å². The number of methoxy groups -OCH3 is 1. The lowest BCUT2D eigenvalue weighted by Gasteiger charge is -2.22. The van der Waals surface area contributed by atoms with Crippen LogP contribution in [0.25, 0.3) is 10.9 Å². The van der Waals surface area contributed by atoms with E-state index in [2.05, 4.69) is 4.98 Å². The molecule has 1 amide bonds. The molecule has 5 nitrogen and oxygen atoms in total. The van der Waals surface area contributed by atoms with E-state index in [0.717, 1.165) is 10.9 Å². The molecule has 3 aromatic rings. The molecular formula is C16H14N2O3. The van der Waals surface area contributed by atoms with Crippen molar-refractivity contribution in [3.63, 3.8) is 0 Å². The minimum Gasteiger partial charge on any atom is -0.495 e. The summed E-state index contributed by atoms with van der Waals surface area (Å²) in [6.45, 7) is 0. The Labute approximate surface area is 121 Å². The molecule has 0 atom stereocenters. The van der Waals surface area contributed by atoms with Crippen LogP contribution in [0.3, 0.4) is 0 Å². The summed E-state index contributed by atoms with van der Waals surface area (Å²) in [4.78, 5) is 16.5. The van der Waals surface area contributed by atoms with Gasteiger partial charge in [0.1, 0.15) is 0 Å². The van der Waals surface area contributed by atoms with Gasteiger partial charge in [0.05, 0.1) is 24.0 Å². The van der Waals surface area contributed by atoms with Gasteiger partial charge in [-0.25, -0.2) is 9.69 Å². The number of nitrogens with zero attached hydrogens (tertiary/aromatic N) is 1. The van der Waals surface area contributed by atoms with Gasteiger partial charge in [-0.1, -0.05) is 24.3 Å². The zero-order valence-corrected chi connectivity index (χ0v) is 11.4. The van der Waals surface area contributed by atoms with E-state index < -0.39 is 6.09 Å². The van der Waals surface area contributed by atoms with Crippen molar-refractivity contribution in [2.24, 2.45) is 0 Å². The lowest BCUT2D eigenvalue weighted by atomic mass is 10.2. The summed E-state index contributed by atoms with van der Waals surface area (Å²) < 4.78 is 4.89. The van der Waals surface area contributed by atoms with Crippen LogP contribution in [0.2, 0.25) is 0 Å². The number of aromatic hydroxyl groups is 1. The molecule has 21 heavy (non-hydrogen) atoms. The molecule has 0 radical (unpaired) electrons. The predicted octanol–water partition coefficient (Wildman–Crippen LogP) is 3.78. The van der Waals surface area contributed by atoms with Crippen molar-refractivity contribution in [3.05, 3.63) is 54.6 Å². The van der Waals surface area contributed by atoms with Gasteiger partial charge in [-0.2, -0.15) is 0 Å². The van der Waals surface area contributed by atoms with Crippen molar-refractivity contribution in [3.8, 4) is 5.88 Å². The lowest BCUT2D eigenvalue weighted by molar-refractivity contribution is 0.181. The Morgan fingerprint density at radius 1 is 1.14 bits per heavy atom. The number of hydrogen-bond donors (Lipinski definition) is 2. The number of hydrogen-bond acceptors (Lipinski definition) is 3. The molecule has 106 valence electrons. The second-order valence-electron chi connectivity index (χ2n) is 4.53. The van der Waals surface area contributed by atoms with Crippen molar-refractivity contribution in [2.75, 3.05) is 12.0 Å². The second kappa shape index (κ2) is 5.20. The standard InChI is InChI=1S/C16H14N2O3/c1-21-16(20)18(11-6-3-2-4-7-11)14-9-5-8-13-12(14)10-15(19)17-13/h2-10,17,19H,1H3. The highest BCUT2D eigenvalue weighted by Gasteiger charge is 2.21. The predicted molar refractivity (Wildman–Crippen MR) is 80.9 cm³/mol. The first-order chi connectivity index (χ1) is 10.2. The maximum absolute atomic E-state index is 12.2. The Balaban J connectivity index is 2.22. The van der Waals surface area contributed by atoms with Crippen molar-refractivity contribution in [1.29, 1.82) is 0 Å². The van der Waals surface area contributed by atoms with Gasteiger partial charge in [0, 0.05) is 11.5 Å². The minimum atomic E-state index is -0.491. The Hall–Kier alpha value is -2.95. The fourth-order valence-corrected chi connectivity index (χ4v) is 2.33. The normalized spacial score (nSPS) is 10.5. The van der Waals surface area contributed by atoms with Crippen LogP contribution in [0.15, 0.2) is 54.6 Å². The summed E-state index contributed by atoms with van der Waals surface area (Å²) >= 11 is 0. The molecule has 1 heterocycles. The maximum Gasteiger partial charge on any atom is 0.418 e. The van der Waals surface area contributed by atoms with Crippen LogP contribution in [0.1, 0.15) is 0 Å². The lowest BCUT2D eigenvalue weighted by Crippen LogP contribution is -2.25. The van der Waals surface area contributed by atoms with E-state index >= 15 is 0 Å². The average molecular weight is 282 g/mol. The second-order valence-corrected chi connectivity index (χ2v) is 4.53. The Kier molecular flexibility index (Phi) is 3.23. The molecule has 5 heteroatoms. The largest absolute Gasteiger partial charge is 0.495 e. The molecule has 0 fully saturated rings. The topological polar surface area (TPSA) is 65.6 Å². The molecule has 3 rings (SSSR count).